The first kappa shape index (κ1) is 96.1. The van der Waals surface area contributed by atoms with E-state index in [-0.39, 0.29) is 25.7 Å². The van der Waals surface area contributed by atoms with Crippen molar-refractivity contribution in [2.75, 3.05) is 39.6 Å². The van der Waals surface area contributed by atoms with Gasteiger partial charge in [-0.3, -0.25) is 37.3 Å². The van der Waals surface area contributed by atoms with Gasteiger partial charge in [0.1, 0.15) is 19.3 Å². The zero-order chi connectivity index (χ0) is 72.4. The molecule has 0 amide bonds. The van der Waals surface area contributed by atoms with Crippen LogP contribution >= 0.6 is 15.6 Å². The SMILES string of the molecule is CC(C)CCCCCCCCCCCCCCCCCCCCC(=O)O[C@H](COC(=O)CCCCCCCCC(C)C)COP(=O)(O)OCC(O)COP(=O)(O)OC[C@@H](COC(=O)CCCCCCCCCCCCCCCCCC(C)C)OC(=O)CCCCCCCCCC(C)C. The predicted molar refractivity (Wildman–Crippen MR) is 400 cm³/mol. The summed E-state index contributed by atoms with van der Waals surface area (Å²) in [6.07, 6.45) is 54.6. The molecule has 0 aromatic carbocycles. The maximum Gasteiger partial charge on any atom is 0.472 e. The molecule has 3 unspecified atom stereocenters. The van der Waals surface area contributed by atoms with Crippen LogP contribution in [0, 0.1) is 23.7 Å². The molecule has 0 saturated carbocycles. The van der Waals surface area contributed by atoms with Crippen molar-refractivity contribution in [3.8, 4) is 0 Å². The molecule has 0 aliphatic rings. The Labute approximate surface area is 600 Å². The summed E-state index contributed by atoms with van der Waals surface area (Å²) in [6.45, 7) is 14.1. The van der Waals surface area contributed by atoms with E-state index in [0.29, 0.717) is 37.5 Å². The van der Waals surface area contributed by atoms with Gasteiger partial charge in [0.2, 0.25) is 0 Å². The molecule has 0 rings (SSSR count). The molecule has 0 aromatic rings. The summed E-state index contributed by atoms with van der Waals surface area (Å²) in [6, 6.07) is 0. The first-order valence-corrected chi connectivity index (χ1v) is 43.7. The zero-order valence-electron chi connectivity index (χ0n) is 64.4. The van der Waals surface area contributed by atoms with Crippen LogP contribution in [0.2, 0.25) is 0 Å². The molecule has 0 radical (unpaired) electrons. The molecular formula is C79H154O17P2. The number of carbonyl (C=O) groups excluding carboxylic acids is 4. The normalized spacial score (nSPS) is 14.1. The second-order valence-corrected chi connectivity index (χ2v) is 33.3. The quantitative estimate of drug-likeness (QED) is 0.0222. The Balaban J connectivity index is 5.12. The van der Waals surface area contributed by atoms with Gasteiger partial charge in [0.25, 0.3) is 0 Å². The number of hydrogen-bond donors (Lipinski definition) is 3. The summed E-state index contributed by atoms with van der Waals surface area (Å²) in [5, 5.41) is 10.6. The molecule has 582 valence electrons. The van der Waals surface area contributed by atoms with E-state index < -0.39 is 97.5 Å². The smallest absolute Gasteiger partial charge is 0.462 e. The molecule has 19 heteroatoms. The van der Waals surface area contributed by atoms with Gasteiger partial charge in [0.15, 0.2) is 12.2 Å². The summed E-state index contributed by atoms with van der Waals surface area (Å²) in [5.74, 6) is 0.879. The Bertz CT molecular complexity index is 1920. The van der Waals surface area contributed by atoms with Crippen molar-refractivity contribution in [1.82, 2.24) is 0 Å². The van der Waals surface area contributed by atoms with Crippen LogP contribution in [0.3, 0.4) is 0 Å². The lowest BCUT2D eigenvalue weighted by atomic mass is 10.0. The highest BCUT2D eigenvalue weighted by atomic mass is 31.2. The molecule has 0 aliphatic carbocycles. The number of hydrogen-bond acceptors (Lipinski definition) is 15. The third-order valence-corrected chi connectivity index (χ3v) is 20.2. The first-order chi connectivity index (χ1) is 47.1. The van der Waals surface area contributed by atoms with Gasteiger partial charge >= 0.3 is 39.5 Å². The Kier molecular flexibility index (Phi) is 66.8. The molecule has 0 heterocycles. The van der Waals surface area contributed by atoms with E-state index in [1.54, 1.807) is 0 Å². The molecule has 0 spiro atoms. The van der Waals surface area contributed by atoms with Crippen LogP contribution in [-0.2, 0) is 65.4 Å². The predicted octanol–water partition coefficient (Wildman–Crippen LogP) is 23.2. The van der Waals surface area contributed by atoms with Gasteiger partial charge in [-0.05, 0) is 49.4 Å². The van der Waals surface area contributed by atoms with Crippen LogP contribution < -0.4 is 0 Å². The average molecular weight is 1440 g/mol. The van der Waals surface area contributed by atoms with E-state index in [4.69, 9.17) is 37.0 Å². The lowest BCUT2D eigenvalue weighted by Crippen LogP contribution is -2.30. The van der Waals surface area contributed by atoms with Gasteiger partial charge in [-0.2, -0.15) is 0 Å². The minimum Gasteiger partial charge on any atom is -0.462 e. The van der Waals surface area contributed by atoms with Gasteiger partial charge < -0.3 is 33.8 Å². The molecule has 3 N–H and O–H groups in total. The fraction of sp³-hybridized carbons (Fsp3) is 0.949. The topological polar surface area (TPSA) is 237 Å². The number of esters is 4. The summed E-state index contributed by atoms with van der Waals surface area (Å²) >= 11 is 0. The van der Waals surface area contributed by atoms with Gasteiger partial charge in [0.05, 0.1) is 26.4 Å². The third kappa shape index (κ3) is 72.4. The molecular weight excluding hydrogens is 1280 g/mol. The summed E-state index contributed by atoms with van der Waals surface area (Å²) in [5.41, 5.74) is 0. The van der Waals surface area contributed by atoms with E-state index >= 15 is 0 Å². The van der Waals surface area contributed by atoms with Crippen molar-refractivity contribution in [1.29, 1.82) is 0 Å². The fourth-order valence-corrected chi connectivity index (χ4v) is 13.7. The van der Waals surface area contributed by atoms with E-state index in [1.165, 1.54) is 199 Å². The lowest BCUT2D eigenvalue weighted by molar-refractivity contribution is -0.161. The Hall–Kier alpha value is -1.94. The van der Waals surface area contributed by atoms with Gasteiger partial charge in [-0.1, -0.05) is 351 Å². The third-order valence-electron chi connectivity index (χ3n) is 18.3. The largest absolute Gasteiger partial charge is 0.472 e. The minimum absolute atomic E-state index is 0.103. The van der Waals surface area contributed by atoms with E-state index in [1.807, 2.05) is 0 Å². The van der Waals surface area contributed by atoms with Crippen LogP contribution in [0.5, 0.6) is 0 Å². The number of unbranched alkanes of at least 4 members (excludes halogenated alkanes) is 42. The second kappa shape index (κ2) is 68.2. The number of rotatable bonds is 76. The van der Waals surface area contributed by atoms with Crippen molar-refractivity contribution in [2.45, 2.75) is 420 Å². The number of aliphatic hydroxyl groups excluding tert-OH is 1. The number of carbonyl (C=O) groups is 4. The van der Waals surface area contributed by atoms with E-state index in [2.05, 4.69) is 55.4 Å². The van der Waals surface area contributed by atoms with Gasteiger partial charge in [-0.25, -0.2) is 9.13 Å². The first-order valence-electron chi connectivity index (χ1n) is 40.7. The highest BCUT2D eigenvalue weighted by Crippen LogP contribution is 2.45. The van der Waals surface area contributed by atoms with Crippen LogP contribution in [-0.4, -0.2) is 96.7 Å². The summed E-state index contributed by atoms with van der Waals surface area (Å²) in [7, 11) is -9.91. The Morgan fingerprint density at radius 2 is 0.429 bits per heavy atom. The van der Waals surface area contributed by atoms with Crippen molar-refractivity contribution in [2.24, 2.45) is 23.7 Å². The lowest BCUT2D eigenvalue weighted by Gasteiger charge is -2.21. The number of aliphatic hydroxyl groups is 1. The van der Waals surface area contributed by atoms with Crippen LogP contribution in [0.25, 0.3) is 0 Å². The molecule has 0 saturated heterocycles. The maximum atomic E-state index is 13.1. The number of ether oxygens (including phenoxy) is 4. The monoisotopic (exact) mass is 1440 g/mol. The molecule has 0 bridgehead atoms. The van der Waals surface area contributed by atoms with E-state index in [9.17, 15) is 43.2 Å². The minimum atomic E-state index is -4.96. The van der Waals surface area contributed by atoms with Gasteiger partial charge in [0, 0.05) is 25.7 Å². The van der Waals surface area contributed by atoms with Crippen molar-refractivity contribution >= 4 is 39.5 Å². The van der Waals surface area contributed by atoms with Crippen molar-refractivity contribution < 1.29 is 80.2 Å². The molecule has 5 atom stereocenters. The number of phosphoric acid groups is 2. The highest BCUT2D eigenvalue weighted by Gasteiger charge is 2.30. The Morgan fingerprint density at radius 1 is 0.255 bits per heavy atom. The maximum absolute atomic E-state index is 13.1. The standard InChI is InChI=1S/C79H154O17P2/c1-69(2)55-47-39-31-26-22-18-14-11-9-10-12-16-21-25-29-35-45-53-61-78(83)95-75(66-90-77(82)60-52-44-38-37-42-50-58-72(7)8)68-94-98(87,88)92-64-73(80)63-91-97(85,86)93-67-74(96-79(84)62-54-46-36-30-33-41-49-57-71(5)6)65-89-76(81)59-51-43-34-28-24-20-17-13-15-19-23-27-32-40-48-56-70(3)4/h69-75,80H,9-68H2,1-8H3,(H,85,86)(H,87,88)/t73?,74-,75-/m1/s1. The molecule has 98 heavy (non-hydrogen) atoms. The highest BCUT2D eigenvalue weighted by molar-refractivity contribution is 7.47. The number of phosphoric ester groups is 2. The summed E-state index contributed by atoms with van der Waals surface area (Å²) < 4.78 is 68.5. The van der Waals surface area contributed by atoms with Crippen molar-refractivity contribution in [3.63, 3.8) is 0 Å². The van der Waals surface area contributed by atoms with Crippen LogP contribution in [0.1, 0.15) is 402 Å². The molecule has 0 fully saturated rings. The van der Waals surface area contributed by atoms with Crippen LogP contribution in [0.15, 0.2) is 0 Å². The van der Waals surface area contributed by atoms with Gasteiger partial charge in [-0.15, -0.1) is 0 Å². The Morgan fingerprint density at radius 3 is 0.633 bits per heavy atom. The van der Waals surface area contributed by atoms with Crippen LogP contribution in [0.4, 0.5) is 0 Å². The second-order valence-electron chi connectivity index (χ2n) is 30.4. The van der Waals surface area contributed by atoms with Crippen molar-refractivity contribution in [3.05, 3.63) is 0 Å². The molecule has 0 aliphatic heterocycles. The molecule has 0 aromatic heterocycles. The summed E-state index contributed by atoms with van der Waals surface area (Å²) in [4.78, 5) is 72.8. The fourth-order valence-electron chi connectivity index (χ4n) is 12.1. The zero-order valence-corrected chi connectivity index (χ0v) is 66.2. The van der Waals surface area contributed by atoms with E-state index in [0.717, 1.165) is 108 Å². The molecule has 17 nitrogen and oxygen atoms in total. The average Bonchev–Trinajstić information content (AvgIpc) is 1.01.